The van der Waals surface area contributed by atoms with Gasteiger partial charge in [0.25, 0.3) is 0 Å². The zero-order valence-electron chi connectivity index (χ0n) is 10.2. The molecule has 3 heteroatoms. The number of hydrogen-bond acceptors (Lipinski definition) is 3. The van der Waals surface area contributed by atoms with E-state index in [4.69, 9.17) is 14.2 Å². The number of benzene rings is 1. The van der Waals surface area contributed by atoms with Crippen LogP contribution in [0.4, 0.5) is 0 Å². The fraction of sp³-hybridized carbons (Fsp3) is 0.538. The van der Waals surface area contributed by atoms with E-state index in [-0.39, 0.29) is 0 Å². The first-order valence-electron chi connectivity index (χ1n) is 5.42. The van der Waals surface area contributed by atoms with Crippen molar-refractivity contribution in [3.8, 4) is 5.75 Å². The highest BCUT2D eigenvalue weighted by atomic mass is 16.5. The molecule has 0 amide bonds. The molecule has 1 radical (unpaired) electrons. The van der Waals surface area contributed by atoms with Crippen LogP contribution in [0.3, 0.4) is 0 Å². The molecule has 1 aromatic rings. The molecule has 0 spiro atoms. The molecule has 0 aliphatic carbocycles. The van der Waals surface area contributed by atoms with Crippen molar-refractivity contribution in [3.63, 3.8) is 0 Å². The second kappa shape index (κ2) is 7.25. The van der Waals surface area contributed by atoms with Gasteiger partial charge in [0, 0.05) is 7.11 Å². The lowest BCUT2D eigenvalue weighted by Crippen LogP contribution is -2.10. The van der Waals surface area contributed by atoms with Gasteiger partial charge in [-0.1, -0.05) is 0 Å². The quantitative estimate of drug-likeness (QED) is 0.663. The van der Waals surface area contributed by atoms with Gasteiger partial charge in [0.15, 0.2) is 0 Å². The van der Waals surface area contributed by atoms with Crippen LogP contribution in [0.1, 0.15) is 11.1 Å². The van der Waals surface area contributed by atoms with E-state index in [1.165, 1.54) is 0 Å². The summed E-state index contributed by atoms with van der Waals surface area (Å²) < 4.78 is 15.7. The summed E-state index contributed by atoms with van der Waals surface area (Å²) in [5, 5.41) is 0. The molecule has 0 saturated heterocycles. The molecule has 0 atom stereocenters. The van der Waals surface area contributed by atoms with Gasteiger partial charge in [-0.05, 0) is 43.2 Å². The van der Waals surface area contributed by atoms with Gasteiger partial charge in [0.1, 0.15) is 12.4 Å². The molecule has 1 aromatic carbocycles. The molecule has 0 aromatic heterocycles. The maximum Gasteiger partial charge on any atom is 0.119 e. The maximum absolute atomic E-state index is 5.56. The Balaban J connectivity index is 2.21. The molecule has 0 bridgehead atoms. The van der Waals surface area contributed by atoms with E-state index < -0.39 is 0 Å². The van der Waals surface area contributed by atoms with Crippen LogP contribution in [-0.4, -0.2) is 33.5 Å². The van der Waals surface area contributed by atoms with Crippen molar-refractivity contribution in [1.29, 1.82) is 0 Å². The van der Waals surface area contributed by atoms with E-state index >= 15 is 0 Å². The van der Waals surface area contributed by atoms with E-state index in [9.17, 15) is 0 Å². The van der Waals surface area contributed by atoms with Crippen LogP contribution in [0, 0.1) is 19.9 Å². The summed E-state index contributed by atoms with van der Waals surface area (Å²) in [7, 11) is 1.66. The third kappa shape index (κ3) is 5.14. The Morgan fingerprint density at radius 2 is 1.62 bits per heavy atom. The Kier molecular flexibility index (Phi) is 5.90. The average Bonchev–Trinajstić information content (AvgIpc) is 2.22. The first-order valence-corrected chi connectivity index (χ1v) is 5.42. The van der Waals surface area contributed by atoms with Crippen LogP contribution < -0.4 is 4.74 Å². The Bertz CT molecular complexity index is 290. The summed E-state index contributed by atoms with van der Waals surface area (Å²) in [6.45, 7) is 6.40. The molecule has 0 fully saturated rings. The van der Waals surface area contributed by atoms with Gasteiger partial charge in [-0.15, -0.1) is 0 Å². The van der Waals surface area contributed by atoms with Crippen molar-refractivity contribution in [1.82, 2.24) is 0 Å². The molecule has 0 heterocycles. The van der Waals surface area contributed by atoms with E-state index in [2.05, 4.69) is 6.07 Å². The van der Waals surface area contributed by atoms with Crippen molar-refractivity contribution >= 4 is 0 Å². The molecule has 0 N–H and O–H groups in total. The van der Waals surface area contributed by atoms with E-state index in [0.717, 1.165) is 16.9 Å². The number of methoxy groups -OCH3 is 1. The molecule has 3 nitrogen and oxygen atoms in total. The first kappa shape index (κ1) is 13.0. The van der Waals surface area contributed by atoms with E-state index in [1.54, 1.807) is 7.11 Å². The lowest BCUT2D eigenvalue weighted by atomic mass is 10.1. The predicted molar refractivity (Wildman–Crippen MR) is 62.9 cm³/mol. The average molecular weight is 223 g/mol. The topological polar surface area (TPSA) is 27.7 Å². The highest BCUT2D eigenvalue weighted by molar-refractivity contribution is 5.31. The third-order valence-corrected chi connectivity index (χ3v) is 2.04. The normalized spacial score (nSPS) is 10.4. The van der Waals surface area contributed by atoms with Crippen molar-refractivity contribution in [2.45, 2.75) is 13.8 Å². The van der Waals surface area contributed by atoms with E-state index in [0.29, 0.717) is 26.4 Å². The molecular formula is C13H19O3. The van der Waals surface area contributed by atoms with Gasteiger partial charge in [-0.3, -0.25) is 0 Å². The Morgan fingerprint density at radius 3 is 2.25 bits per heavy atom. The molecule has 0 saturated carbocycles. The van der Waals surface area contributed by atoms with Gasteiger partial charge in [0.2, 0.25) is 0 Å². The van der Waals surface area contributed by atoms with Crippen LogP contribution >= 0.6 is 0 Å². The van der Waals surface area contributed by atoms with Crippen LogP contribution in [0.25, 0.3) is 0 Å². The number of hydrogen-bond donors (Lipinski definition) is 0. The van der Waals surface area contributed by atoms with Gasteiger partial charge >= 0.3 is 0 Å². The van der Waals surface area contributed by atoms with Crippen LogP contribution in [0.2, 0.25) is 0 Å². The maximum atomic E-state index is 5.56. The monoisotopic (exact) mass is 223 g/mol. The highest BCUT2D eigenvalue weighted by Gasteiger charge is 1.97. The van der Waals surface area contributed by atoms with Gasteiger partial charge in [-0.2, -0.15) is 0 Å². The Morgan fingerprint density at radius 1 is 1.00 bits per heavy atom. The summed E-state index contributed by atoms with van der Waals surface area (Å²) in [6.07, 6.45) is 0. The standard InChI is InChI=1S/C13H19O3/c1-11-8-12(2)10-13(9-11)16-7-6-15-5-4-14-3/h9-10H,4-7H2,1-3H3. The smallest absolute Gasteiger partial charge is 0.119 e. The summed E-state index contributed by atoms with van der Waals surface area (Å²) in [5.74, 6) is 0.879. The minimum atomic E-state index is 0.562. The number of ether oxygens (including phenoxy) is 3. The van der Waals surface area contributed by atoms with Gasteiger partial charge in [0.05, 0.1) is 19.8 Å². The Hall–Kier alpha value is -1.06. The molecule has 0 aliphatic rings. The predicted octanol–water partition coefficient (Wildman–Crippen LogP) is 2.15. The minimum Gasteiger partial charge on any atom is -0.491 e. The molecule has 16 heavy (non-hydrogen) atoms. The molecule has 1 rings (SSSR count). The van der Waals surface area contributed by atoms with Gasteiger partial charge in [-0.25, -0.2) is 0 Å². The first-order chi connectivity index (χ1) is 7.72. The number of rotatable bonds is 7. The lowest BCUT2D eigenvalue weighted by Gasteiger charge is -2.08. The van der Waals surface area contributed by atoms with Crippen molar-refractivity contribution < 1.29 is 14.2 Å². The Labute approximate surface area is 97.3 Å². The lowest BCUT2D eigenvalue weighted by molar-refractivity contribution is 0.0544. The van der Waals surface area contributed by atoms with E-state index in [1.807, 2.05) is 26.0 Å². The van der Waals surface area contributed by atoms with Crippen LogP contribution in [0.5, 0.6) is 5.75 Å². The summed E-state index contributed by atoms with van der Waals surface area (Å²) in [4.78, 5) is 0. The molecule has 0 unspecified atom stereocenters. The van der Waals surface area contributed by atoms with Crippen molar-refractivity contribution in [2.24, 2.45) is 0 Å². The molecular weight excluding hydrogens is 204 g/mol. The molecule has 0 aliphatic heterocycles. The molecule has 89 valence electrons. The second-order valence-electron chi connectivity index (χ2n) is 3.64. The zero-order valence-corrected chi connectivity index (χ0v) is 10.2. The minimum absolute atomic E-state index is 0.562. The zero-order chi connectivity index (χ0) is 11.8. The summed E-state index contributed by atoms with van der Waals surface area (Å²) >= 11 is 0. The fourth-order valence-corrected chi connectivity index (χ4v) is 1.40. The van der Waals surface area contributed by atoms with Crippen LogP contribution in [-0.2, 0) is 9.47 Å². The summed E-state index contributed by atoms with van der Waals surface area (Å²) in [5.41, 5.74) is 2.19. The fourth-order valence-electron chi connectivity index (χ4n) is 1.40. The highest BCUT2D eigenvalue weighted by Crippen LogP contribution is 2.15. The number of aryl methyl sites for hydroxylation is 2. The van der Waals surface area contributed by atoms with Gasteiger partial charge < -0.3 is 14.2 Å². The second-order valence-corrected chi connectivity index (χ2v) is 3.64. The van der Waals surface area contributed by atoms with Crippen molar-refractivity contribution in [3.05, 3.63) is 29.3 Å². The SMILES string of the molecule is COCCOCCOc1cc(C)[c]c(C)c1. The third-order valence-electron chi connectivity index (χ3n) is 2.04. The largest absolute Gasteiger partial charge is 0.491 e. The van der Waals surface area contributed by atoms with Crippen LogP contribution in [0.15, 0.2) is 12.1 Å². The van der Waals surface area contributed by atoms with Crippen molar-refractivity contribution in [2.75, 3.05) is 33.5 Å². The summed E-state index contributed by atoms with van der Waals surface area (Å²) in [6, 6.07) is 7.15.